The highest BCUT2D eigenvalue weighted by Crippen LogP contribution is 2.34. The number of aryl methyl sites for hydroxylation is 1. The van der Waals surface area contributed by atoms with Crippen molar-refractivity contribution < 1.29 is 4.74 Å². The van der Waals surface area contributed by atoms with Gasteiger partial charge in [0.15, 0.2) is 5.13 Å². The van der Waals surface area contributed by atoms with Gasteiger partial charge in [0.1, 0.15) is 6.10 Å². The van der Waals surface area contributed by atoms with E-state index in [0.29, 0.717) is 5.17 Å². The van der Waals surface area contributed by atoms with E-state index < -0.39 is 0 Å². The normalized spacial score (nSPS) is 18.2. The van der Waals surface area contributed by atoms with Gasteiger partial charge in [0.2, 0.25) is 0 Å². The molecule has 1 saturated heterocycles. The van der Waals surface area contributed by atoms with Crippen LogP contribution < -0.4 is 4.90 Å². The highest BCUT2D eigenvalue weighted by molar-refractivity contribution is 7.80. The molecule has 0 N–H and O–H groups in total. The Morgan fingerprint density at radius 2 is 2.04 bits per heavy atom. The molecule has 1 unspecified atom stereocenters. The second-order valence-corrected chi connectivity index (χ2v) is 7.05. The number of aromatic nitrogens is 1. The van der Waals surface area contributed by atoms with E-state index in [4.69, 9.17) is 21.9 Å². The van der Waals surface area contributed by atoms with Gasteiger partial charge in [0.05, 0.1) is 10.2 Å². The lowest BCUT2D eigenvalue weighted by atomic mass is 10.1. The van der Waals surface area contributed by atoms with Crippen molar-refractivity contribution in [3.8, 4) is 0 Å². The molecule has 0 aliphatic carbocycles. The van der Waals surface area contributed by atoms with Gasteiger partial charge >= 0.3 is 0 Å². The van der Waals surface area contributed by atoms with Crippen LogP contribution in [-0.4, -0.2) is 16.7 Å². The Morgan fingerprint density at radius 3 is 2.83 bits per heavy atom. The number of thiocarbonyl (C=S) groups is 1. The van der Waals surface area contributed by atoms with Gasteiger partial charge in [-0.25, -0.2) is 4.98 Å². The molecule has 3 aromatic rings. The summed E-state index contributed by atoms with van der Waals surface area (Å²) in [5, 5.41) is 1.43. The summed E-state index contributed by atoms with van der Waals surface area (Å²) in [6.07, 6.45) is 0.940. The molecule has 1 aromatic heterocycles. The van der Waals surface area contributed by atoms with Crippen LogP contribution in [0.1, 0.15) is 23.7 Å². The minimum atomic E-state index is 0.0385. The summed E-state index contributed by atoms with van der Waals surface area (Å²) >= 11 is 7.15. The van der Waals surface area contributed by atoms with Crippen molar-refractivity contribution in [3.63, 3.8) is 0 Å². The number of fused-ring (bicyclic) bond motifs is 1. The van der Waals surface area contributed by atoms with E-state index in [1.807, 2.05) is 23.1 Å². The number of hydrogen-bond donors (Lipinski definition) is 0. The first-order chi connectivity index (χ1) is 11.2. The Bertz CT molecular complexity index is 860. The number of hydrogen-bond acceptors (Lipinski definition) is 4. The lowest BCUT2D eigenvalue weighted by Gasteiger charge is -2.32. The number of thiazole rings is 1. The first-order valence-corrected chi connectivity index (χ1v) is 8.83. The number of anilines is 1. The van der Waals surface area contributed by atoms with Gasteiger partial charge in [-0.1, -0.05) is 47.7 Å². The third-order valence-corrected chi connectivity index (χ3v) is 5.37. The molecule has 0 amide bonds. The molecule has 2 heterocycles. The monoisotopic (exact) mass is 340 g/mol. The maximum absolute atomic E-state index is 5.98. The molecular weight excluding hydrogens is 324 g/mol. The minimum absolute atomic E-state index is 0.0385. The highest BCUT2D eigenvalue weighted by atomic mass is 32.1. The van der Waals surface area contributed by atoms with Crippen LogP contribution in [0.5, 0.6) is 0 Å². The molecule has 4 rings (SSSR count). The quantitative estimate of drug-likeness (QED) is 0.622. The highest BCUT2D eigenvalue weighted by Gasteiger charge is 2.28. The summed E-state index contributed by atoms with van der Waals surface area (Å²) < 4.78 is 7.17. The van der Waals surface area contributed by atoms with Crippen molar-refractivity contribution in [2.45, 2.75) is 19.4 Å². The summed E-state index contributed by atoms with van der Waals surface area (Å²) in [5.41, 5.74) is 3.44. The minimum Gasteiger partial charge on any atom is -0.462 e. The zero-order valence-electron chi connectivity index (χ0n) is 12.7. The Kier molecular flexibility index (Phi) is 3.75. The molecule has 116 valence electrons. The van der Waals surface area contributed by atoms with E-state index in [2.05, 4.69) is 37.3 Å². The summed E-state index contributed by atoms with van der Waals surface area (Å²) in [6, 6.07) is 16.6. The van der Waals surface area contributed by atoms with Gasteiger partial charge < -0.3 is 4.74 Å². The summed E-state index contributed by atoms with van der Waals surface area (Å²) in [4.78, 5) is 6.71. The fraction of sp³-hybridized carbons (Fsp3) is 0.222. The summed E-state index contributed by atoms with van der Waals surface area (Å²) in [5.74, 6) is 0. The smallest absolute Gasteiger partial charge is 0.266 e. The van der Waals surface area contributed by atoms with Crippen molar-refractivity contribution in [1.82, 2.24) is 4.98 Å². The molecule has 2 aromatic carbocycles. The van der Waals surface area contributed by atoms with Gasteiger partial charge in [-0.15, -0.1) is 0 Å². The second kappa shape index (κ2) is 5.91. The van der Waals surface area contributed by atoms with Crippen LogP contribution in [-0.2, 0) is 4.74 Å². The van der Waals surface area contributed by atoms with Crippen LogP contribution in [0.3, 0.4) is 0 Å². The van der Waals surface area contributed by atoms with Crippen molar-refractivity contribution in [2.75, 3.05) is 11.4 Å². The van der Waals surface area contributed by atoms with Gasteiger partial charge in [-0.3, -0.25) is 4.90 Å². The Hall–Kier alpha value is -1.98. The first kappa shape index (κ1) is 14.6. The van der Waals surface area contributed by atoms with Gasteiger partial charge in [-0.05, 0) is 42.4 Å². The number of rotatable bonds is 2. The zero-order valence-corrected chi connectivity index (χ0v) is 14.4. The van der Waals surface area contributed by atoms with Crippen molar-refractivity contribution in [1.29, 1.82) is 0 Å². The van der Waals surface area contributed by atoms with Crippen LogP contribution in [0.15, 0.2) is 48.5 Å². The summed E-state index contributed by atoms with van der Waals surface area (Å²) in [7, 11) is 0. The van der Waals surface area contributed by atoms with E-state index in [-0.39, 0.29) is 6.10 Å². The van der Waals surface area contributed by atoms with E-state index in [0.717, 1.165) is 23.6 Å². The van der Waals surface area contributed by atoms with Crippen LogP contribution in [0.25, 0.3) is 10.2 Å². The molecular formula is C18H16N2OS2. The average molecular weight is 340 g/mol. The standard InChI is InChI=1S/C18H16N2OS2/c1-12-7-8-14-16(11-12)23-17(19-14)20-10-9-15(21-18(20)22)13-5-3-2-4-6-13/h2-8,11,15H,9-10H2,1H3. The van der Waals surface area contributed by atoms with Crippen molar-refractivity contribution in [3.05, 3.63) is 59.7 Å². The fourth-order valence-corrected chi connectivity index (χ4v) is 4.23. The lowest BCUT2D eigenvalue weighted by molar-refractivity contribution is 0.166. The number of nitrogens with zero attached hydrogens (tertiary/aromatic N) is 2. The molecule has 0 radical (unpaired) electrons. The van der Waals surface area contributed by atoms with Crippen molar-refractivity contribution in [2.24, 2.45) is 0 Å². The third kappa shape index (κ3) is 2.82. The number of benzene rings is 2. The molecule has 1 aliphatic rings. The SMILES string of the molecule is Cc1ccc2nc(N3CCC(c4ccccc4)OC3=S)sc2c1. The van der Waals surface area contributed by atoms with E-state index in [1.54, 1.807) is 11.3 Å². The topological polar surface area (TPSA) is 25.4 Å². The largest absolute Gasteiger partial charge is 0.462 e. The second-order valence-electron chi connectivity index (χ2n) is 5.69. The van der Waals surface area contributed by atoms with Crippen LogP contribution in [0.2, 0.25) is 0 Å². The van der Waals surface area contributed by atoms with E-state index in [9.17, 15) is 0 Å². The molecule has 1 fully saturated rings. The van der Waals surface area contributed by atoms with Crippen LogP contribution >= 0.6 is 23.6 Å². The van der Waals surface area contributed by atoms with Gasteiger partial charge in [0.25, 0.3) is 5.17 Å². The van der Waals surface area contributed by atoms with Crippen LogP contribution in [0.4, 0.5) is 5.13 Å². The Morgan fingerprint density at radius 1 is 1.22 bits per heavy atom. The molecule has 0 saturated carbocycles. The zero-order chi connectivity index (χ0) is 15.8. The first-order valence-electron chi connectivity index (χ1n) is 7.61. The molecule has 0 bridgehead atoms. The van der Waals surface area contributed by atoms with Gasteiger partial charge in [-0.2, -0.15) is 0 Å². The third-order valence-electron chi connectivity index (χ3n) is 4.01. The molecule has 1 atom stereocenters. The van der Waals surface area contributed by atoms with E-state index >= 15 is 0 Å². The van der Waals surface area contributed by atoms with Crippen molar-refractivity contribution >= 4 is 44.1 Å². The van der Waals surface area contributed by atoms with E-state index in [1.165, 1.54) is 15.8 Å². The Balaban J connectivity index is 1.57. The predicted molar refractivity (Wildman–Crippen MR) is 99.2 cm³/mol. The molecule has 0 spiro atoms. The predicted octanol–water partition coefficient (Wildman–Crippen LogP) is 4.86. The average Bonchev–Trinajstić information content (AvgIpc) is 2.98. The Labute approximate surface area is 144 Å². The molecule has 5 heteroatoms. The maximum Gasteiger partial charge on any atom is 0.266 e. The maximum atomic E-state index is 5.98. The lowest BCUT2D eigenvalue weighted by Crippen LogP contribution is -2.38. The molecule has 23 heavy (non-hydrogen) atoms. The summed E-state index contributed by atoms with van der Waals surface area (Å²) in [6.45, 7) is 2.93. The van der Waals surface area contributed by atoms with Crippen LogP contribution in [0, 0.1) is 6.92 Å². The molecule has 3 nitrogen and oxygen atoms in total. The number of ether oxygens (including phenoxy) is 1. The molecule has 1 aliphatic heterocycles. The fourth-order valence-electron chi connectivity index (χ4n) is 2.79. The van der Waals surface area contributed by atoms with Gasteiger partial charge in [0, 0.05) is 13.0 Å².